The molecule has 0 fully saturated rings. The van der Waals surface area contributed by atoms with E-state index in [1.165, 1.54) is 6.07 Å². The first-order valence-electron chi connectivity index (χ1n) is 6.41. The van der Waals surface area contributed by atoms with E-state index in [9.17, 15) is 31.1 Å². The molecule has 2 aromatic heterocycles. The molecule has 0 aliphatic heterocycles. The van der Waals surface area contributed by atoms with Gasteiger partial charge in [-0.15, -0.1) is 0 Å². The van der Waals surface area contributed by atoms with Gasteiger partial charge in [0.25, 0.3) is 5.91 Å². The molecular formula is C13H10F6N4O. The van der Waals surface area contributed by atoms with Crippen LogP contribution in [0.5, 0.6) is 0 Å². The molecule has 130 valence electrons. The van der Waals surface area contributed by atoms with Crippen LogP contribution in [-0.4, -0.2) is 20.7 Å². The second-order valence-electron chi connectivity index (χ2n) is 4.73. The maximum atomic E-state index is 12.5. The highest BCUT2D eigenvalue weighted by molar-refractivity contribution is 5.92. The first kappa shape index (κ1) is 17.8. The van der Waals surface area contributed by atoms with E-state index < -0.39 is 29.6 Å². The summed E-state index contributed by atoms with van der Waals surface area (Å²) in [6.07, 6.45) is -9.34. The molecular weight excluding hydrogens is 342 g/mol. The standard InChI is InChI=1S/C13H10F6N4O/c1-23-8(5-10(22-23)13(17,18)19)11(24)20-6-7-3-2-4-9(21-7)12(14,15)16/h2-5H,6H2,1H3,(H,20,24). The number of carbonyl (C=O) groups excluding carboxylic acids is 1. The van der Waals surface area contributed by atoms with Crippen LogP contribution >= 0.6 is 0 Å². The van der Waals surface area contributed by atoms with Gasteiger partial charge in [0, 0.05) is 13.1 Å². The molecule has 0 saturated heterocycles. The van der Waals surface area contributed by atoms with Crippen LogP contribution in [0.25, 0.3) is 0 Å². The molecule has 2 rings (SSSR count). The van der Waals surface area contributed by atoms with E-state index in [-0.39, 0.29) is 17.9 Å². The highest BCUT2D eigenvalue weighted by Gasteiger charge is 2.35. The minimum atomic E-state index is -4.71. The summed E-state index contributed by atoms with van der Waals surface area (Å²) in [5, 5.41) is 5.37. The Morgan fingerprint density at radius 2 is 1.75 bits per heavy atom. The highest BCUT2D eigenvalue weighted by Crippen LogP contribution is 2.28. The molecule has 1 amide bonds. The number of carbonyl (C=O) groups is 1. The zero-order valence-electron chi connectivity index (χ0n) is 12.0. The van der Waals surface area contributed by atoms with Gasteiger partial charge in [0.2, 0.25) is 0 Å². The van der Waals surface area contributed by atoms with Crippen LogP contribution in [0.2, 0.25) is 0 Å². The van der Waals surface area contributed by atoms with Gasteiger partial charge in [0.15, 0.2) is 5.69 Å². The number of amides is 1. The van der Waals surface area contributed by atoms with Gasteiger partial charge in [-0.05, 0) is 12.1 Å². The van der Waals surface area contributed by atoms with E-state index in [2.05, 4.69) is 15.4 Å². The van der Waals surface area contributed by atoms with Gasteiger partial charge < -0.3 is 5.32 Å². The maximum Gasteiger partial charge on any atom is 0.435 e. The number of aryl methyl sites for hydroxylation is 1. The molecule has 24 heavy (non-hydrogen) atoms. The first-order chi connectivity index (χ1) is 11.0. The van der Waals surface area contributed by atoms with E-state index in [0.29, 0.717) is 6.07 Å². The second kappa shape index (κ2) is 6.13. The second-order valence-corrected chi connectivity index (χ2v) is 4.73. The number of halogens is 6. The van der Waals surface area contributed by atoms with Crippen molar-refractivity contribution in [2.75, 3.05) is 0 Å². The normalized spacial score (nSPS) is 12.3. The van der Waals surface area contributed by atoms with Crippen LogP contribution in [-0.2, 0) is 25.9 Å². The molecule has 0 aliphatic rings. The number of nitrogens with zero attached hydrogens (tertiary/aromatic N) is 3. The summed E-state index contributed by atoms with van der Waals surface area (Å²) in [5.74, 6) is -0.917. The Morgan fingerprint density at radius 1 is 1.12 bits per heavy atom. The molecule has 11 heteroatoms. The van der Waals surface area contributed by atoms with Crippen LogP contribution in [0.3, 0.4) is 0 Å². The third kappa shape index (κ3) is 4.03. The first-order valence-corrected chi connectivity index (χ1v) is 6.41. The smallest absolute Gasteiger partial charge is 0.345 e. The molecule has 5 nitrogen and oxygen atoms in total. The Balaban J connectivity index is 2.10. The van der Waals surface area contributed by atoms with Gasteiger partial charge in [-0.3, -0.25) is 9.48 Å². The summed E-state index contributed by atoms with van der Waals surface area (Å²) in [4.78, 5) is 15.2. The van der Waals surface area contributed by atoms with Crippen LogP contribution in [0.4, 0.5) is 26.3 Å². The Labute approximate surface area is 131 Å². The molecule has 0 saturated carbocycles. The zero-order chi connectivity index (χ0) is 18.1. The number of rotatable bonds is 3. The van der Waals surface area contributed by atoms with Crippen LogP contribution < -0.4 is 5.32 Å². The topological polar surface area (TPSA) is 59.8 Å². The molecule has 0 unspecified atom stereocenters. The molecule has 0 aliphatic carbocycles. The number of pyridine rings is 1. The van der Waals surface area contributed by atoms with Crippen LogP contribution in [0, 0.1) is 0 Å². The van der Waals surface area contributed by atoms with Crippen molar-refractivity contribution >= 4 is 5.91 Å². The number of hydrogen-bond donors (Lipinski definition) is 1. The lowest BCUT2D eigenvalue weighted by Gasteiger charge is -2.08. The average molecular weight is 352 g/mol. The van der Waals surface area contributed by atoms with Gasteiger partial charge in [-0.25, -0.2) is 4.98 Å². The quantitative estimate of drug-likeness (QED) is 0.865. The van der Waals surface area contributed by atoms with E-state index >= 15 is 0 Å². The Kier molecular flexibility index (Phi) is 4.54. The summed E-state index contributed by atoms with van der Waals surface area (Å²) >= 11 is 0. The minimum absolute atomic E-state index is 0.0867. The zero-order valence-corrected chi connectivity index (χ0v) is 12.0. The van der Waals surface area contributed by atoms with Gasteiger partial charge >= 0.3 is 12.4 Å². The van der Waals surface area contributed by atoms with E-state index in [1.807, 2.05) is 0 Å². The molecule has 0 spiro atoms. The lowest BCUT2D eigenvalue weighted by molar-refractivity contribution is -0.142. The van der Waals surface area contributed by atoms with E-state index in [0.717, 1.165) is 23.9 Å². The molecule has 0 aromatic carbocycles. The van der Waals surface area contributed by atoms with Gasteiger partial charge in [-0.2, -0.15) is 31.4 Å². The summed E-state index contributed by atoms with van der Waals surface area (Å²) in [6.45, 7) is -0.380. The highest BCUT2D eigenvalue weighted by atomic mass is 19.4. The molecule has 0 radical (unpaired) electrons. The Bertz CT molecular complexity index is 750. The lowest BCUT2D eigenvalue weighted by Crippen LogP contribution is -2.26. The largest absolute Gasteiger partial charge is 0.435 e. The van der Waals surface area contributed by atoms with Crippen LogP contribution in [0.1, 0.15) is 27.6 Å². The predicted octanol–water partition coefficient (Wildman–Crippen LogP) is 2.78. The fourth-order valence-corrected chi connectivity index (χ4v) is 1.82. The van der Waals surface area contributed by atoms with Crippen molar-refractivity contribution in [3.05, 3.63) is 47.0 Å². The summed E-state index contributed by atoms with van der Waals surface area (Å²) in [5.41, 5.74) is -2.84. The van der Waals surface area contributed by atoms with Crippen molar-refractivity contribution in [2.24, 2.45) is 7.05 Å². The molecule has 2 aromatic rings. The number of nitrogens with one attached hydrogen (secondary N) is 1. The number of aromatic nitrogens is 3. The third-order valence-corrected chi connectivity index (χ3v) is 2.93. The average Bonchev–Trinajstić information content (AvgIpc) is 2.86. The molecule has 1 N–H and O–H groups in total. The predicted molar refractivity (Wildman–Crippen MR) is 68.6 cm³/mol. The number of hydrogen-bond acceptors (Lipinski definition) is 3. The van der Waals surface area contributed by atoms with Crippen molar-refractivity contribution in [1.29, 1.82) is 0 Å². The van der Waals surface area contributed by atoms with Gasteiger partial charge in [0.05, 0.1) is 12.2 Å². The van der Waals surface area contributed by atoms with Crippen molar-refractivity contribution in [1.82, 2.24) is 20.1 Å². The molecule has 0 bridgehead atoms. The minimum Gasteiger partial charge on any atom is -0.345 e. The van der Waals surface area contributed by atoms with Gasteiger partial charge in [0.1, 0.15) is 11.4 Å². The summed E-state index contributed by atoms with van der Waals surface area (Å²) < 4.78 is 75.9. The maximum absolute atomic E-state index is 12.5. The van der Waals surface area contributed by atoms with E-state index in [1.54, 1.807) is 0 Å². The van der Waals surface area contributed by atoms with Crippen LogP contribution in [0.15, 0.2) is 24.3 Å². The Morgan fingerprint density at radius 3 is 2.29 bits per heavy atom. The van der Waals surface area contributed by atoms with Gasteiger partial charge in [-0.1, -0.05) is 6.07 Å². The fourth-order valence-electron chi connectivity index (χ4n) is 1.82. The van der Waals surface area contributed by atoms with Crippen molar-refractivity contribution in [3.63, 3.8) is 0 Å². The summed E-state index contributed by atoms with van der Waals surface area (Å²) in [6, 6.07) is 3.68. The lowest BCUT2D eigenvalue weighted by atomic mass is 10.3. The third-order valence-electron chi connectivity index (χ3n) is 2.93. The summed E-state index contributed by atoms with van der Waals surface area (Å²) in [7, 11) is 1.15. The monoisotopic (exact) mass is 352 g/mol. The van der Waals surface area contributed by atoms with E-state index in [4.69, 9.17) is 0 Å². The Hall–Kier alpha value is -2.59. The molecule has 2 heterocycles. The molecule has 0 atom stereocenters. The van der Waals surface area contributed by atoms with Crippen molar-refractivity contribution in [3.8, 4) is 0 Å². The number of alkyl halides is 6. The fraction of sp³-hybridized carbons (Fsp3) is 0.308. The van der Waals surface area contributed by atoms with Crippen molar-refractivity contribution in [2.45, 2.75) is 18.9 Å². The van der Waals surface area contributed by atoms with Crippen molar-refractivity contribution < 1.29 is 31.1 Å². The SMILES string of the molecule is Cn1nc(C(F)(F)F)cc1C(=O)NCc1cccc(C(F)(F)F)n1.